The van der Waals surface area contributed by atoms with E-state index in [-0.39, 0.29) is 19.1 Å². The number of likely N-dealkylation sites (tertiary alicyclic amines) is 1. The minimum Gasteiger partial charge on any atom is -0.491 e. The number of morpholine rings is 1. The molecule has 0 radical (unpaired) electrons. The summed E-state index contributed by atoms with van der Waals surface area (Å²) in [6.45, 7) is 10.5. The van der Waals surface area contributed by atoms with Crippen molar-refractivity contribution in [3.63, 3.8) is 0 Å². The summed E-state index contributed by atoms with van der Waals surface area (Å²) in [6.07, 6.45) is 2.31. The highest BCUT2D eigenvalue weighted by molar-refractivity contribution is 6.36. The highest BCUT2D eigenvalue weighted by Crippen LogP contribution is 2.52. The Morgan fingerprint density at radius 1 is 1.06 bits per heavy atom. The van der Waals surface area contributed by atoms with Crippen molar-refractivity contribution in [2.24, 2.45) is 23.0 Å². The molecule has 2 aliphatic carbocycles. The number of nitrogens with two attached hydrogens (primary N) is 1. The van der Waals surface area contributed by atoms with Crippen LogP contribution in [-0.2, 0) is 30.2 Å². The Morgan fingerprint density at radius 2 is 1.80 bits per heavy atom. The molecule has 1 aromatic carbocycles. The van der Waals surface area contributed by atoms with Crippen LogP contribution in [0.1, 0.15) is 52.1 Å². The number of primary amides is 1. The van der Waals surface area contributed by atoms with Gasteiger partial charge in [0.2, 0.25) is 11.8 Å². The Morgan fingerprint density at radius 3 is 2.48 bits per heavy atom. The molecule has 2 aromatic rings. The number of hydrogen-bond donors (Lipinski definition) is 2. The van der Waals surface area contributed by atoms with Crippen molar-refractivity contribution in [1.29, 1.82) is 0 Å². The number of pyridine rings is 1. The van der Waals surface area contributed by atoms with Crippen LogP contribution in [0.3, 0.4) is 0 Å². The first-order chi connectivity index (χ1) is 23.9. The van der Waals surface area contributed by atoms with E-state index in [4.69, 9.17) is 46.0 Å². The van der Waals surface area contributed by atoms with Gasteiger partial charge in [-0.25, -0.2) is 4.79 Å². The van der Waals surface area contributed by atoms with Gasteiger partial charge in [-0.2, -0.15) is 0 Å². The molecule has 274 valence electrons. The number of alkyl carbamates (subject to hydrolysis) is 1. The number of nitrogens with one attached hydrogen (secondary N) is 1. The number of fused-ring (bicyclic) bond motifs is 2. The highest BCUT2D eigenvalue weighted by atomic mass is 35.5. The Kier molecular flexibility index (Phi) is 11.3. The Balaban J connectivity index is 1.18. The molecule has 2 saturated heterocycles. The van der Waals surface area contributed by atoms with Crippen molar-refractivity contribution >= 4 is 40.4 Å². The minimum atomic E-state index is -0.950. The second kappa shape index (κ2) is 15.5. The number of amides is 3. The molecule has 2 unspecified atom stereocenters. The normalized spacial score (nSPS) is 25.6. The number of nitrogens with zero attached hydrogens (tertiary/aromatic N) is 3. The molecular formula is C36H50ClN5O8. The van der Waals surface area contributed by atoms with Crippen LogP contribution in [0.2, 0.25) is 5.02 Å². The first-order valence-corrected chi connectivity index (χ1v) is 18.1. The van der Waals surface area contributed by atoms with Crippen molar-refractivity contribution in [3.05, 3.63) is 28.9 Å². The van der Waals surface area contributed by atoms with E-state index in [1.54, 1.807) is 13.2 Å². The van der Waals surface area contributed by atoms with Crippen molar-refractivity contribution < 1.29 is 38.1 Å². The van der Waals surface area contributed by atoms with Gasteiger partial charge in [0.15, 0.2) is 0 Å². The van der Waals surface area contributed by atoms with Crippen LogP contribution < -0.4 is 20.5 Å². The zero-order valence-corrected chi connectivity index (χ0v) is 30.2. The zero-order valence-electron chi connectivity index (χ0n) is 29.5. The molecule has 2 aliphatic heterocycles. The van der Waals surface area contributed by atoms with Crippen molar-refractivity contribution in [3.8, 4) is 11.5 Å². The zero-order chi connectivity index (χ0) is 35.6. The number of carbonyl (C=O) groups is 3. The summed E-state index contributed by atoms with van der Waals surface area (Å²) in [6, 6.07) is 3.62. The smallest absolute Gasteiger partial charge is 0.408 e. The van der Waals surface area contributed by atoms with Gasteiger partial charge in [0.25, 0.3) is 0 Å². The van der Waals surface area contributed by atoms with Crippen LogP contribution >= 0.6 is 11.6 Å². The number of rotatable bonds is 13. The number of carbonyl (C=O) groups excluding carboxylic acids is 3. The third-order valence-corrected chi connectivity index (χ3v) is 10.6. The average molecular weight is 716 g/mol. The molecule has 13 nitrogen and oxygen atoms in total. The fourth-order valence-electron chi connectivity index (χ4n) is 7.36. The minimum absolute atomic E-state index is 0.0927. The largest absolute Gasteiger partial charge is 0.491 e. The predicted octanol–water partition coefficient (Wildman–Crippen LogP) is 3.56. The van der Waals surface area contributed by atoms with E-state index in [2.05, 4.69) is 10.2 Å². The maximum Gasteiger partial charge on any atom is 0.408 e. The fourth-order valence-corrected chi connectivity index (χ4v) is 7.62. The van der Waals surface area contributed by atoms with Crippen molar-refractivity contribution in [2.75, 3.05) is 59.7 Å². The number of aromatic nitrogens is 1. The van der Waals surface area contributed by atoms with Gasteiger partial charge < -0.3 is 39.6 Å². The maximum atomic E-state index is 14.1. The standard InChI is InChI=1S/C36H50ClN5O8/c1-36(2,3)32(40-35(45)50-24-16-21-15-22(21)17-24)34(44)42-20-25(19-27(42)33(38)43)49-29-18-23(7-11-46-4)39-31-26(29)5-6-28(30(31)37)48-14-10-41-8-12-47-13-9-41/h5-6,18,21-22,24-25,27,32H,7-17,19-20H2,1-4H3,(H2,38,43)(H,40,45)/t21-,22+,24?,25?,27-,32+/m0/s1. The summed E-state index contributed by atoms with van der Waals surface area (Å²) >= 11 is 6.90. The molecule has 3 heterocycles. The first kappa shape index (κ1) is 36.4. The van der Waals surface area contributed by atoms with Crippen LogP contribution in [0.15, 0.2) is 18.2 Å². The van der Waals surface area contributed by atoms with E-state index in [1.165, 1.54) is 11.3 Å². The van der Waals surface area contributed by atoms with E-state index in [9.17, 15) is 14.4 Å². The molecule has 1 aromatic heterocycles. The van der Waals surface area contributed by atoms with E-state index in [0.29, 0.717) is 77.8 Å². The van der Waals surface area contributed by atoms with E-state index in [1.807, 2.05) is 32.9 Å². The molecule has 6 atom stereocenters. The lowest BCUT2D eigenvalue weighted by Gasteiger charge is -2.35. The van der Waals surface area contributed by atoms with E-state index < -0.39 is 41.5 Å². The fraction of sp³-hybridized carbons (Fsp3) is 0.667. The molecule has 6 rings (SSSR count). The van der Waals surface area contributed by atoms with Crippen LogP contribution in [0, 0.1) is 17.3 Å². The second-order valence-corrected chi connectivity index (χ2v) is 15.4. The topological polar surface area (TPSA) is 155 Å². The van der Waals surface area contributed by atoms with E-state index >= 15 is 0 Å². The number of benzene rings is 1. The molecule has 4 fully saturated rings. The molecule has 50 heavy (non-hydrogen) atoms. The van der Waals surface area contributed by atoms with Gasteiger partial charge in [-0.3, -0.25) is 19.5 Å². The SMILES string of the molecule is COCCc1cc(OC2C[C@@H](C(N)=O)N(C(=O)[C@@H](NC(=O)OC3C[C@@H]4C[C@@H]4C3)C(C)(C)C)C2)c2ccc(OCCN3CCOCC3)c(Cl)c2n1. The summed E-state index contributed by atoms with van der Waals surface area (Å²) < 4.78 is 29.1. The molecule has 14 heteroatoms. The second-order valence-electron chi connectivity index (χ2n) is 15.0. The molecular weight excluding hydrogens is 666 g/mol. The van der Waals surface area contributed by atoms with Gasteiger partial charge in [-0.1, -0.05) is 32.4 Å². The lowest BCUT2D eigenvalue weighted by atomic mass is 9.85. The highest BCUT2D eigenvalue weighted by Gasteiger charge is 2.48. The first-order valence-electron chi connectivity index (χ1n) is 17.7. The van der Waals surface area contributed by atoms with Crippen molar-refractivity contribution in [2.45, 2.75) is 77.2 Å². The third-order valence-electron chi connectivity index (χ3n) is 10.2. The van der Waals surface area contributed by atoms with Gasteiger partial charge >= 0.3 is 6.09 Å². The summed E-state index contributed by atoms with van der Waals surface area (Å²) in [5.41, 5.74) is 6.39. The summed E-state index contributed by atoms with van der Waals surface area (Å²) in [5.74, 6) is 1.26. The van der Waals surface area contributed by atoms with Crippen LogP contribution in [0.4, 0.5) is 4.79 Å². The Labute approximate surface area is 298 Å². The quantitative estimate of drug-likeness (QED) is 0.315. The van der Waals surface area contributed by atoms with Gasteiger partial charge in [0, 0.05) is 56.7 Å². The number of methoxy groups -OCH3 is 1. The van der Waals surface area contributed by atoms with Gasteiger partial charge in [-0.05, 0) is 48.6 Å². The number of hydrogen-bond acceptors (Lipinski definition) is 10. The lowest BCUT2D eigenvalue weighted by molar-refractivity contribution is -0.141. The number of halogens is 1. The summed E-state index contributed by atoms with van der Waals surface area (Å²) in [5, 5.41) is 3.84. The molecule has 0 bridgehead atoms. The molecule has 4 aliphatic rings. The molecule has 3 N–H and O–H groups in total. The lowest BCUT2D eigenvalue weighted by Crippen LogP contribution is -2.57. The average Bonchev–Trinajstić information content (AvgIpc) is 3.46. The molecule has 2 saturated carbocycles. The third kappa shape index (κ3) is 8.55. The number of ether oxygens (including phenoxy) is 5. The van der Waals surface area contributed by atoms with Crippen LogP contribution in [0.5, 0.6) is 11.5 Å². The van der Waals surface area contributed by atoms with Crippen molar-refractivity contribution in [1.82, 2.24) is 20.1 Å². The Hall–Kier alpha value is -3.39. The van der Waals surface area contributed by atoms with E-state index in [0.717, 1.165) is 32.5 Å². The maximum absolute atomic E-state index is 14.1. The van der Waals surface area contributed by atoms with Crippen LogP contribution in [0.25, 0.3) is 10.9 Å². The van der Waals surface area contributed by atoms with Gasteiger partial charge in [0.1, 0.15) is 47.4 Å². The summed E-state index contributed by atoms with van der Waals surface area (Å²) in [7, 11) is 1.62. The van der Waals surface area contributed by atoms with Crippen LogP contribution in [-0.4, -0.2) is 117 Å². The van der Waals surface area contributed by atoms with Gasteiger partial charge in [-0.15, -0.1) is 0 Å². The summed E-state index contributed by atoms with van der Waals surface area (Å²) in [4.78, 5) is 48.3. The van der Waals surface area contributed by atoms with Gasteiger partial charge in [0.05, 0.1) is 31.9 Å². The Bertz CT molecular complexity index is 1550. The molecule has 3 amide bonds. The monoisotopic (exact) mass is 715 g/mol. The predicted molar refractivity (Wildman–Crippen MR) is 186 cm³/mol. The molecule has 0 spiro atoms.